The van der Waals surface area contributed by atoms with Crippen LogP contribution in [0.25, 0.3) is 0 Å². The largest absolute Gasteiger partial charge is 0.350 e. The average molecular weight is 348 g/mol. The zero-order chi connectivity index (χ0) is 18.2. The number of para-hydroxylation sites is 1. The van der Waals surface area contributed by atoms with Gasteiger partial charge in [0.15, 0.2) is 0 Å². The molecule has 0 saturated carbocycles. The molecule has 0 aliphatic heterocycles. The van der Waals surface area contributed by atoms with Crippen LogP contribution < -0.4 is 15.5 Å². The predicted octanol–water partition coefficient (Wildman–Crippen LogP) is 4.07. The van der Waals surface area contributed by atoms with Gasteiger partial charge in [-0.15, -0.1) is 0 Å². The van der Waals surface area contributed by atoms with Crippen molar-refractivity contribution in [2.24, 2.45) is 0 Å². The normalized spacial score (nSPS) is 10.4. The fraction of sp³-hybridized carbons (Fsp3) is 0.250. The third-order valence-electron chi connectivity index (χ3n) is 3.99. The first-order valence-corrected chi connectivity index (χ1v) is 8.89. The molecular formula is C20H24N6. The molecule has 6 nitrogen and oxygen atoms in total. The van der Waals surface area contributed by atoms with Crippen molar-refractivity contribution in [3.63, 3.8) is 0 Å². The number of anilines is 4. The van der Waals surface area contributed by atoms with Crippen LogP contribution in [0.4, 0.5) is 23.5 Å². The molecule has 6 heteroatoms. The number of rotatable bonds is 8. The van der Waals surface area contributed by atoms with Crippen LogP contribution in [0.2, 0.25) is 0 Å². The minimum Gasteiger partial charge on any atom is -0.350 e. The van der Waals surface area contributed by atoms with E-state index < -0.39 is 0 Å². The Morgan fingerprint density at radius 3 is 2.04 bits per heavy atom. The first kappa shape index (κ1) is 17.7. The highest BCUT2D eigenvalue weighted by Gasteiger charge is 2.11. The summed E-state index contributed by atoms with van der Waals surface area (Å²) in [6, 6.07) is 20.1. The van der Waals surface area contributed by atoms with E-state index in [1.807, 2.05) is 48.5 Å². The number of benzene rings is 2. The Labute approximate surface area is 154 Å². The summed E-state index contributed by atoms with van der Waals surface area (Å²) in [5, 5.41) is 6.56. The molecule has 0 aliphatic carbocycles. The summed E-state index contributed by atoms with van der Waals surface area (Å²) in [6.45, 7) is 6.52. The number of hydrogen-bond donors (Lipinski definition) is 2. The molecule has 0 fully saturated rings. The van der Waals surface area contributed by atoms with Gasteiger partial charge in [0.1, 0.15) is 0 Å². The summed E-state index contributed by atoms with van der Waals surface area (Å²) < 4.78 is 0. The Morgan fingerprint density at radius 1 is 0.769 bits per heavy atom. The third kappa shape index (κ3) is 4.69. The van der Waals surface area contributed by atoms with Gasteiger partial charge in [0.25, 0.3) is 0 Å². The van der Waals surface area contributed by atoms with Gasteiger partial charge in [0.2, 0.25) is 17.8 Å². The van der Waals surface area contributed by atoms with Gasteiger partial charge in [0, 0.05) is 25.3 Å². The summed E-state index contributed by atoms with van der Waals surface area (Å²) >= 11 is 0. The van der Waals surface area contributed by atoms with Gasteiger partial charge in [-0.1, -0.05) is 48.5 Å². The average Bonchev–Trinajstić information content (AvgIpc) is 2.69. The van der Waals surface area contributed by atoms with Crippen molar-refractivity contribution in [2.45, 2.75) is 20.4 Å². The lowest BCUT2D eigenvalue weighted by Crippen LogP contribution is -2.25. The molecule has 0 aliphatic rings. The Morgan fingerprint density at radius 2 is 1.38 bits per heavy atom. The van der Waals surface area contributed by atoms with E-state index in [4.69, 9.17) is 0 Å². The highest BCUT2D eigenvalue weighted by molar-refractivity contribution is 5.55. The Balaban J connectivity index is 1.84. The van der Waals surface area contributed by atoms with Gasteiger partial charge in [-0.2, -0.15) is 15.0 Å². The summed E-state index contributed by atoms with van der Waals surface area (Å²) in [7, 11) is 0. The maximum absolute atomic E-state index is 4.58. The topological polar surface area (TPSA) is 66.0 Å². The van der Waals surface area contributed by atoms with Crippen LogP contribution in [0.5, 0.6) is 0 Å². The first-order valence-electron chi connectivity index (χ1n) is 8.89. The SMILES string of the molecule is CCN(CC)c1nc(NCc2ccccc2)nc(Nc2ccccc2)n1. The van der Waals surface area contributed by atoms with Gasteiger partial charge in [0.05, 0.1) is 0 Å². The van der Waals surface area contributed by atoms with E-state index in [2.05, 4.69) is 56.5 Å². The predicted molar refractivity (Wildman–Crippen MR) is 107 cm³/mol. The van der Waals surface area contributed by atoms with Crippen molar-refractivity contribution >= 4 is 23.5 Å². The lowest BCUT2D eigenvalue weighted by atomic mass is 10.2. The molecule has 1 aromatic heterocycles. The third-order valence-corrected chi connectivity index (χ3v) is 3.99. The van der Waals surface area contributed by atoms with E-state index in [0.717, 1.165) is 18.8 Å². The number of nitrogens with one attached hydrogen (secondary N) is 2. The molecule has 0 radical (unpaired) electrons. The number of nitrogens with zero attached hydrogens (tertiary/aromatic N) is 4. The van der Waals surface area contributed by atoms with Crippen molar-refractivity contribution in [2.75, 3.05) is 28.6 Å². The zero-order valence-corrected chi connectivity index (χ0v) is 15.2. The van der Waals surface area contributed by atoms with E-state index in [0.29, 0.717) is 24.4 Å². The molecule has 134 valence electrons. The van der Waals surface area contributed by atoms with Crippen LogP contribution in [0.3, 0.4) is 0 Å². The van der Waals surface area contributed by atoms with Crippen LogP contribution in [0.1, 0.15) is 19.4 Å². The lowest BCUT2D eigenvalue weighted by Gasteiger charge is -2.20. The van der Waals surface area contributed by atoms with Crippen LogP contribution in [-0.2, 0) is 6.54 Å². The van der Waals surface area contributed by atoms with E-state index in [-0.39, 0.29) is 0 Å². The highest BCUT2D eigenvalue weighted by Crippen LogP contribution is 2.18. The molecule has 2 N–H and O–H groups in total. The molecule has 3 rings (SSSR count). The first-order chi connectivity index (χ1) is 12.8. The molecule has 2 aromatic carbocycles. The summed E-state index contributed by atoms with van der Waals surface area (Å²) in [4.78, 5) is 15.8. The van der Waals surface area contributed by atoms with Crippen LogP contribution >= 0.6 is 0 Å². The molecular weight excluding hydrogens is 324 g/mol. The van der Waals surface area contributed by atoms with Crippen molar-refractivity contribution in [1.29, 1.82) is 0 Å². The monoisotopic (exact) mass is 348 g/mol. The second kappa shape index (κ2) is 8.80. The quantitative estimate of drug-likeness (QED) is 0.640. The van der Waals surface area contributed by atoms with Crippen molar-refractivity contribution in [3.8, 4) is 0 Å². The minimum atomic E-state index is 0.531. The van der Waals surface area contributed by atoms with E-state index in [1.165, 1.54) is 5.56 Å². The van der Waals surface area contributed by atoms with E-state index in [9.17, 15) is 0 Å². The number of hydrogen-bond acceptors (Lipinski definition) is 6. The fourth-order valence-electron chi connectivity index (χ4n) is 2.58. The maximum Gasteiger partial charge on any atom is 0.233 e. The van der Waals surface area contributed by atoms with Gasteiger partial charge >= 0.3 is 0 Å². The summed E-state index contributed by atoms with van der Waals surface area (Å²) in [5.41, 5.74) is 2.12. The standard InChI is InChI=1S/C20H24N6/c1-3-26(4-2)20-24-18(21-15-16-11-7-5-8-12-16)23-19(25-20)22-17-13-9-6-10-14-17/h5-14H,3-4,15H2,1-2H3,(H2,21,22,23,24,25). The molecule has 0 unspecified atom stereocenters. The van der Waals surface area contributed by atoms with Gasteiger partial charge < -0.3 is 15.5 Å². The van der Waals surface area contributed by atoms with Crippen LogP contribution in [0.15, 0.2) is 60.7 Å². The summed E-state index contributed by atoms with van der Waals surface area (Å²) in [6.07, 6.45) is 0. The smallest absolute Gasteiger partial charge is 0.233 e. The molecule has 0 saturated heterocycles. The Hall–Kier alpha value is -3.15. The Kier molecular flexibility index (Phi) is 5.98. The molecule has 3 aromatic rings. The lowest BCUT2D eigenvalue weighted by molar-refractivity contribution is 0.813. The molecule has 1 heterocycles. The second-order valence-corrected chi connectivity index (χ2v) is 5.79. The van der Waals surface area contributed by atoms with Gasteiger partial charge in [-0.25, -0.2) is 0 Å². The van der Waals surface area contributed by atoms with Gasteiger partial charge in [-0.05, 0) is 31.5 Å². The molecule has 0 spiro atoms. The number of aromatic nitrogens is 3. The molecule has 0 amide bonds. The van der Waals surface area contributed by atoms with Crippen LogP contribution in [-0.4, -0.2) is 28.0 Å². The molecule has 0 bridgehead atoms. The van der Waals surface area contributed by atoms with E-state index >= 15 is 0 Å². The van der Waals surface area contributed by atoms with Crippen molar-refractivity contribution < 1.29 is 0 Å². The van der Waals surface area contributed by atoms with Crippen molar-refractivity contribution in [1.82, 2.24) is 15.0 Å². The summed E-state index contributed by atoms with van der Waals surface area (Å²) in [5.74, 6) is 1.76. The van der Waals surface area contributed by atoms with Crippen LogP contribution in [0, 0.1) is 0 Å². The maximum atomic E-state index is 4.58. The fourth-order valence-corrected chi connectivity index (χ4v) is 2.58. The van der Waals surface area contributed by atoms with E-state index in [1.54, 1.807) is 0 Å². The van der Waals surface area contributed by atoms with Gasteiger partial charge in [-0.3, -0.25) is 0 Å². The molecule has 26 heavy (non-hydrogen) atoms. The zero-order valence-electron chi connectivity index (χ0n) is 15.2. The Bertz CT molecular complexity index is 803. The molecule has 0 atom stereocenters. The highest BCUT2D eigenvalue weighted by atomic mass is 15.3. The van der Waals surface area contributed by atoms with Crippen molar-refractivity contribution in [3.05, 3.63) is 66.2 Å². The minimum absolute atomic E-state index is 0.531. The second-order valence-electron chi connectivity index (χ2n) is 5.79.